The molecule has 1 aliphatic rings. The normalized spacial score (nSPS) is 14.7. The third kappa shape index (κ3) is 4.40. The number of hydrogen-bond donors (Lipinski definition) is 0. The number of esters is 1. The number of cyclic esters (lactones) is 1. The molecule has 0 aromatic heterocycles. The van der Waals surface area contributed by atoms with Gasteiger partial charge in [-0.1, -0.05) is 30.3 Å². The minimum atomic E-state index is -0.535. The number of aliphatic imine (C=N–C) groups is 1. The average molecular weight is 449 g/mol. The second kappa shape index (κ2) is 8.41. The molecule has 27 heavy (non-hydrogen) atoms. The Bertz CT molecular complexity index is 968. The molecule has 3 rings (SSSR count). The van der Waals surface area contributed by atoms with E-state index in [0.29, 0.717) is 38.7 Å². The van der Waals surface area contributed by atoms with Crippen LogP contribution in [0.2, 0.25) is 5.02 Å². The lowest BCUT2D eigenvalue weighted by Gasteiger charge is -2.12. The van der Waals surface area contributed by atoms with E-state index in [1.54, 1.807) is 55.7 Å². The van der Waals surface area contributed by atoms with E-state index in [0.717, 1.165) is 0 Å². The number of benzene rings is 2. The van der Waals surface area contributed by atoms with Crippen LogP contribution in [0.25, 0.3) is 6.08 Å². The quantitative estimate of drug-likeness (QED) is 0.354. The second-order valence-electron chi connectivity index (χ2n) is 5.48. The zero-order valence-electron chi connectivity index (χ0n) is 14.4. The lowest BCUT2D eigenvalue weighted by Crippen LogP contribution is -2.05. The minimum absolute atomic E-state index is 0.179. The molecule has 0 saturated heterocycles. The molecule has 0 fully saturated rings. The monoisotopic (exact) mass is 447 g/mol. The first kappa shape index (κ1) is 19.2. The molecular weight excluding hydrogens is 434 g/mol. The van der Waals surface area contributed by atoms with Crippen LogP contribution in [0.15, 0.2) is 64.2 Å². The maximum absolute atomic E-state index is 12.2. The number of methoxy groups -OCH3 is 1. The van der Waals surface area contributed by atoms with E-state index in [1.807, 2.05) is 0 Å². The molecule has 0 saturated carbocycles. The van der Waals surface area contributed by atoms with Gasteiger partial charge in [0.1, 0.15) is 6.61 Å². The minimum Gasteiger partial charge on any atom is -0.493 e. The van der Waals surface area contributed by atoms with Crippen molar-refractivity contribution < 1.29 is 19.0 Å². The first-order valence-electron chi connectivity index (χ1n) is 7.91. The van der Waals surface area contributed by atoms with Gasteiger partial charge in [0.15, 0.2) is 17.2 Å². The lowest BCUT2D eigenvalue weighted by atomic mass is 10.1. The Kier molecular flexibility index (Phi) is 5.98. The first-order chi connectivity index (χ1) is 13.0. The topological polar surface area (TPSA) is 57.1 Å². The summed E-state index contributed by atoms with van der Waals surface area (Å²) in [4.78, 5) is 16.5. The summed E-state index contributed by atoms with van der Waals surface area (Å²) in [7, 11) is 1.54. The Morgan fingerprint density at radius 1 is 1.33 bits per heavy atom. The highest BCUT2D eigenvalue weighted by Crippen LogP contribution is 2.37. The molecule has 0 unspecified atom stereocenters. The molecule has 138 valence electrons. The fraction of sp³-hybridized carbons (Fsp3) is 0.100. The fourth-order valence-corrected chi connectivity index (χ4v) is 3.18. The Hall–Kier alpha value is -2.57. The van der Waals surface area contributed by atoms with Crippen LogP contribution in [-0.4, -0.2) is 25.6 Å². The van der Waals surface area contributed by atoms with Gasteiger partial charge < -0.3 is 14.2 Å². The zero-order chi connectivity index (χ0) is 19.4. The molecule has 0 N–H and O–H groups in total. The van der Waals surface area contributed by atoms with E-state index in [-0.39, 0.29) is 11.6 Å². The first-order valence-corrected chi connectivity index (χ1v) is 9.08. The Balaban J connectivity index is 1.95. The van der Waals surface area contributed by atoms with Crippen LogP contribution in [-0.2, 0) is 9.53 Å². The summed E-state index contributed by atoms with van der Waals surface area (Å²) in [5.74, 6) is 0.748. The molecule has 1 heterocycles. The average Bonchev–Trinajstić information content (AvgIpc) is 3.01. The van der Waals surface area contributed by atoms with Gasteiger partial charge in [-0.15, -0.1) is 0 Å². The van der Waals surface area contributed by atoms with E-state index in [2.05, 4.69) is 27.5 Å². The van der Waals surface area contributed by atoms with Gasteiger partial charge in [0.05, 0.1) is 11.6 Å². The predicted molar refractivity (Wildman–Crippen MR) is 108 cm³/mol. The van der Waals surface area contributed by atoms with Crippen LogP contribution >= 0.6 is 27.5 Å². The van der Waals surface area contributed by atoms with Gasteiger partial charge in [-0.3, -0.25) is 0 Å². The summed E-state index contributed by atoms with van der Waals surface area (Å²) in [5, 5.41) is 0.535. The number of ether oxygens (including phenoxy) is 3. The predicted octanol–water partition coefficient (Wildman–Crippen LogP) is 5.02. The molecule has 0 atom stereocenters. The van der Waals surface area contributed by atoms with Crippen LogP contribution in [0.3, 0.4) is 0 Å². The van der Waals surface area contributed by atoms with Crippen LogP contribution in [0.4, 0.5) is 0 Å². The third-order valence-electron chi connectivity index (χ3n) is 3.59. The van der Waals surface area contributed by atoms with Gasteiger partial charge in [-0.05, 0) is 57.9 Å². The van der Waals surface area contributed by atoms with Gasteiger partial charge in [0.25, 0.3) is 0 Å². The largest absolute Gasteiger partial charge is 0.493 e. The SMILES string of the molecule is C=CCOc1c(Br)cc(C=C2N=C(c3cccc(Cl)c3)OC2=O)cc1OC. The molecule has 0 spiro atoms. The van der Waals surface area contributed by atoms with Crippen LogP contribution in [0.1, 0.15) is 11.1 Å². The van der Waals surface area contributed by atoms with E-state index in [9.17, 15) is 4.79 Å². The van der Waals surface area contributed by atoms with Gasteiger partial charge in [-0.2, -0.15) is 0 Å². The summed E-state index contributed by atoms with van der Waals surface area (Å²) < 4.78 is 16.9. The van der Waals surface area contributed by atoms with Crippen LogP contribution in [0.5, 0.6) is 11.5 Å². The zero-order valence-corrected chi connectivity index (χ0v) is 16.7. The summed E-state index contributed by atoms with van der Waals surface area (Å²) >= 11 is 9.44. The molecule has 2 aromatic rings. The molecule has 7 heteroatoms. The number of carbonyl (C=O) groups is 1. The summed E-state index contributed by atoms with van der Waals surface area (Å²) in [6, 6.07) is 10.5. The van der Waals surface area contributed by atoms with Crippen molar-refractivity contribution in [3.8, 4) is 11.5 Å². The van der Waals surface area contributed by atoms with Crippen molar-refractivity contribution in [1.82, 2.24) is 0 Å². The molecule has 0 amide bonds. The molecule has 1 aliphatic heterocycles. The Labute approximate surface area is 170 Å². The highest BCUT2D eigenvalue weighted by Gasteiger charge is 2.24. The van der Waals surface area contributed by atoms with Crippen LogP contribution in [0, 0.1) is 0 Å². The van der Waals surface area contributed by atoms with Crippen molar-refractivity contribution in [2.24, 2.45) is 4.99 Å². The maximum atomic E-state index is 12.2. The molecule has 0 bridgehead atoms. The Morgan fingerprint density at radius 3 is 2.85 bits per heavy atom. The molecule has 2 aromatic carbocycles. The van der Waals surface area contributed by atoms with Crippen molar-refractivity contribution in [1.29, 1.82) is 0 Å². The Morgan fingerprint density at radius 2 is 2.15 bits per heavy atom. The van der Waals surface area contributed by atoms with Crippen molar-refractivity contribution >= 4 is 45.5 Å². The van der Waals surface area contributed by atoms with Crippen LogP contribution < -0.4 is 9.47 Å². The summed E-state index contributed by atoms with van der Waals surface area (Å²) in [6.07, 6.45) is 3.26. The second-order valence-corrected chi connectivity index (χ2v) is 6.77. The smallest absolute Gasteiger partial charge is 0.363 e. The maximum Gasteiger partial charge on any atom is 0.363 e. The molecule has 5 nitrogen and oxygen atoms in total. The standard InChI is InChI=1S/C20H15BrClNO4/c1-3-7-26-18-15(21)8-12(10-17(18)25-2)9-16-20(24)27-19(23-16)13-5-4-6-14(22)11-13/h3-6,8-11H,1,7H2,2H3. The third-order valence-corrected chi connectivity index (χ3v) is 4.42. The lowest BCUT2D eigenvalue weighted by molar-refractivity contribution is -0.129. The van der Waals surface area contributed by atoms with E-state index in [1.165, 1.54) is 0 Å². The summed E-state index contributed by atoms with van der Waals surface area (Å²) in [6.45, 7) is 3.97. The molecule has 0 radical (unpaired) electrons. The van der Waals surface area contributed by atoms with Crippen molar-refractivity contribution in [3.63, 3.8) is 0 Å². The number of halogens is 2. The highest BCUT2D eigenvalue weighted by molar-refractivity contribution is 9.10. The fourth-order valence-electron chi connectivity index (χ4n) is 2.42. The molecular formula is C20H15BrClNO4. The highest BCUT2D eigenvalue weighted by atomic mass is 79.9. The number of carbonyl (C=O) groups excluding carboxylic acids is 1. The number of nitrogens with zero attached hydrogens (tertiary/aromatic N) is 1. The van der Waals surface area contributed by atoms with E-state index >= 15 is 0 Å². The number of rotatable bonds is 6. The molecule has 0 aliphatic carbocycles. The number of hydrogen-bond acceptors (Lipinski definition) is 5. The van der Waals surface area contributed by atoms with Gasteiger partial charge in [0.2, 0.25) is 5.90 Å². The van der Waals surface area contributed by atoms with Crippen molar-refractivity contribution in [3.05, 3.63) is 75.4 Å². The van der Waals surface area contributed by atoms with E-state index < -0.39 is 5.97 Å². The van der Waals surface area contributed by atoms with E-state index in [4.69, 9.17) is 25.8 Å². The van der Waals surface area contributed by atoms with Gasteiger partial charge in [-0.25, -0.2) is 9.79 Å². The summed E-state index contributed by atoms with van der Waals surface area (Å²) in [5.41, 5.74) is 1.51. The van der Waals surface area contributed by atoms with Crippen molar-refractivity contribution in [2.45, 2.75) is 0 Å². The van der Waals surface area contributed by atoms with Gasteiger partial charge >= 0.3 is 5.97 Å². The van der Waals surface area contributed by atoms with Crippen molar-refractivity contribution in [2.75, 3.05) is 13.7 Å². The van der Waals surface area contributed by atoms with Gasteiger partial charge in [0, 0.05) is 10.6 Å².